The topological polar surface area (TPSA) is 91.8 Å². The lowest BCUT2D eigenvalue weighted by atomic mass is 10.1. The highest BCUT2D eigenvalue weighted by Gasteiger charge is 2.65. The summed E-state index contributed by atoms with van der Waals surface area (Å²) in [5, 5.41) is 8.46. The summed E-state index contributed by atoms with van der Waals surface area (Å²) in [6.07, 6.45) is -0.0589. The van der Waals surface area contributed by atoms with Gasteiger partial charge in [-0.2, -0.15) is 0 Å². The molecule has 134 valence electrons. The normalized spacial score (nSPS) is 22.3. The van der Waals surface area contributed by atoms with E-state index in [0.29, 0.717) is 17.5 Å². The predicted molar refractivity (Wildman–Crippen MR) is 92.6 cm³/mol. The number of nitrogens with zero attached hydrogens (tertiary/aromatic N) is 2. The van der Waals surface area contributed by atoms with Crippen LogP contribution in [0.1, 0.15) is 37.0 Å². The van der Waals surface area contributed by atoms with Gasteiger partial charge in [-0.15, -0.1) is 3.89 Å². The Labute approximate surface area is 150 Å². The van der Waals surface area contributed by atoms with E-state index < -0.39 is 32.5 Å². The largest absolute Gasteiger partial charge is 0.481 e. The maximum atomic E-state index is 13.0. The number of carboxylic acids is 1. The van der Waals surface area contributed by atoms with Crippen LogP contribution in [0.15, 0.2) is 30.3 Å². The van der Waals surface area contributed by atoms with Crippen LogP contribution in [0, 0.1) is 0 Å². The minimum atomic E-state index is -1.07. The summed E-state index contributed by atoms with van der Waals surface area (Å²) < 4.78 is -0.746. The zero-order valence-electron chi connectivity index (χ0n) is 14.4. The van der Waals surface area contributed by atoms with Crippen molar-refractivity contribution >= 4 is 35.0 Å². The molecule has 1 heterocycles. The average Bonchev–Trinajstić information content (AvgIpc) is 2.69. The zero-order valence-corrected chi connectivity index (χ0v) is 15.2. The summed E-state index contributed by atoms with van der Waals surface area (Å²) in [6.45, 7) is 3.21. The first-order chi connectivity index (χ1) is 11.6. The number of carbonyl (C=O) groups is 4. The molecule has 0 saturated carbocycles. The molecule has 3 amide bonds. The standard InChI is InChI=1S/C17H20N2O5S/c1-17(2)15(23)19(16(24)18(17)3,11-7-10-13(20)21)25-14(22)12-8-5-4-6-9-12/h4-6,8-9H,7,10-11H2,1-3H3/p+1. The van der Waals surface area contributed by atoms with Crippen LogP contribution in [0.3, 0.4) is 0 Å². The fourth-order valence-corrected chi connectivity index (χ4v) is 3.95. The predicted octanol–water partition coefficient (Wildman–Crippen LogP) is 2.53. The van der Waals surface area contributed by atoms with Gasteiger partial charge in [-0.05, 0) is 13.8 Å². The Bertz CT molecular complexity index is 719. The first-order valence-corrected chi connectivity index (χ1v) is 8.62. The molecule has 1 saturated heterocycles. The molecule has 1 aliphatic heterocycles. The molecule has 0 radical (unpaired) electrons. The van der Waals surface area contributed by atoms with Crippen LogP contribution in [0.5, 0.6) is 0 Å². The Kier molecular flexibility index (Phi) is 5.34. The van der Waals surface area contributed by atoms with Gasteiger partial charge in [0.25, 0.3) is 5.12 Å². The molecule has 0 aliphatic carbocycles. The van der Waals surface area contributed by atoms with Crippen molar-refractivity contribution in [2.75, 3.05) is 13.6 Å². The van der Waals surface area contributed by atoms with Gasteiger partial charge >= 0.3 is 17.9 Å². The number of urea groups is 1. The van der Waals surface area contributed by atoms with Crippen LogP contribution in [0.25, 0.3) is 0 Å². The average molecular weight is 365 g/mol. The van der Waals surface area contributed by atoms with Crippen LogP contribution in [-0.2, 0) is 9.59 Å². The Hall–Kier alpha value is -2.19. The molecular formula is C17H21N2O5S+. The summed E-state index contributed by atoms with van der Waals surface area (Å²) in [7, 11) is 1.52. The minimum Gasteiger partial charge on any atom is -0.481 e. The Morgan fingerprint density at radius 2 is 1.80 bits per heavy atom. The van der Waals surface area contributed by atoms with E-state index >= 15 is 0 Å². The summed E-state index contributed by atoms with van der Waals surface area (Å²) in [6, 6.07) is 7.89. The van der Waals surface area contributed by atoms with Gasteiger partial charge in [0.15, 0.2) is 17.5 Å². The number of carbonyl (C=O) groups excluding carboxylic acids is 3. The Morgan fingerprint density at radius 1 is 1.20 bits per heavy atom. The number of quaternary nitrogens is 1. The molecule has 1 fully saturated rings. The molecule has 0 aromatic heterocycles. The molecule has 8 heteroatoms. The number of likely N-dealkylation sites (N-methyl/N-ethyl adjacent to an activating group) is 1. The highest BCUT2D eigenvalue weighted by atomic mass is 32.2. The van der Waals surface area contributed by atoms with E-state index in [4.69, 9.17) is 5.11 Å². The number of imide groups is 1. The van der Waals surface area contributed by atoms with Crippen molar-refractivity contribution in [3.8, 4) is 0 Å². The van der Waals surface area contributed by atoms with Gasteiger partial charge in [0.05, 0.1) is 6.42 Å². The lowest BCUT2D eigenvalue weighted by Gasteiger charge is -2.24. The molecule has 0 bridgehead atoms. The molecule has 1 unspecified atom stereocenters. The molecule has 7 nitrogen and oxygen atoms in total. The lowest BCUT2D eigenvalue weighted by Crippen LogP contribution is -2.50. The van der Waals surface area contributed by atoms with Gasteiger partial charge in [0, 0.05) is 19.0 Å². The number of benzene rings is 1. The van der Waals surface area contributed by atoms with Gasteiger partial charge in [-0.25, -0.2) is 9.59 Å². The number of amides is 3. The first kappa shape index (κ1) is 19.1. The Balaban J connectivity index is 2.36. The highest BCUT2D eigenvalue weighted by molar-refractivity contribution is 8.09. The molecule has 1 aromatic rings. The van der Waals surface area contributed by atoms with Crippen LogP contribution in [-0.4, -0.2) is 56.0 Å². The first-order valence-electron chi connectivity index (χ1n) is 7.85. The van der Waals surface area contributed by atoms with Gasteiger partial charge in [-0.3, -0.25) is 14.5 Å². The molecular weight excluding hydrogens is 344 g/mol. The van der Waals surface area contributed by atoms with E-state index in [-0.39, 0.29) is 19.4 Å². The van der Waals surface area contributed by atoms with Gasteiger partial charge in [0.2, 0.25) is 0 Å². The van der Waals surface area contributed by atoms with Gasteiger partial charge in [0.1, 0.15) is 6.54 Å². The van der Waals surface area contributed by atoms with Crippen molar-refractivity contribution in [3.63, 3.8) is 0 Å². The second-order valence-corrected chi connectivity index (χ2v) is 7.59. The van der Waals surface area contributed by atoms with E-state index in [1.807, 2.05) is 0 Å². The summed E-state index contributed by atoms with van der Waals surface area (Å²) >= 11 is 0.647. The quantitative estimate of drug-likeness (QED) is 0.473. The van der Waals surface area contributed by atoms with E-state index in [2.05, 4.69) is 0 Å². The van der Waals surface area contributed by atoms with E-state index in [0.717, 1.165) is 0 Å². The zero-order chi connectivity index (χ0) is 18.8. The van der Waals surface area contributed by atoms with Crippen LogP contribution >= 0.6 is 11.9 Å². The van der Waals surface area contributed by atoms with Crippen molar-refractivity contribution in [2.45, 2.75) is 32.2 Å². The van der Waals surface area contributed by atoms with Crippen molar-refractivity contribution in [1.82, 2.24) is 4.90 Å². The molecule has 2 rings (SSSR count). The fourth-order valence-electron chi connectivity index (χ4n) is 2.70. The third kappa shape index (κ3) is 3.45. The fraction of sp³-hybridized carbons (Fsp3) is 0.412. The monoisotopic (exact) mass is 365 g/mol. The lowest BCUT2D eigenvalue weighted by molar-refractivity contribution is -0.622. The molecule has 1 aromatic carbocycles. The summed E-state index contributed by atoms with van der Waals surface area (Å²) in [5.74, 6) is -1.43. The minimum absolute atomic E-state index is 0.0407. The number of aliphatic carboxylic acids is 1. The van der Waals surface area contributed by atoms with Crippen LogP contribution in [0.2, 0.25) is 0 Å². The van der Waals surface area contributed by atoms with Crippen molar-refractivity contribution in [1.29, 1.82) is 0 Å². The number of hydrogen-bond acceptors (Lipinski definition) is 5. The van der Waals surface area contributed by atoms with Crippen LogP contribution in [0.4, 0.5) is 4.79 Å². The van der Waals surface area contributed by atoms with Crippen LogP contribution < -0.4 is 0 Å². The van der Waals surface area contributed by atoms with Crippen molar-refractivity contribution in [3.05, 3.63) is 35.9 Å². The number of rotatable bonds is 6. The van der Waals surface area contributed by atoms with E-state index in [1.165, 1.54) is 11.9 Å². The molecule has 1 atom stereocenters. The van der Waals surface area contributed by atoms with Crippen molar-refractivity contribution in [2.24, 2.45) is 0 Å². The molecule has 0 spiro atoms. The molecule has 1 N–H and O–H groups in total. The second kappa shape index (κ2) is 6.97. The maximum absolute atomic E-state index is 13.0. The molecule has 25 heavy (non-hydrogen) atoms. The number of hydrogen-bond donors (Lipinski definition) is 1. The summed E-state index contributed by atoms with van der Waals surface area (Å²) in [5.41, 5.74) is -0.680. The third-order valence-corrected chi connectivity index (χ3v) is 5.62. The number of carboxylic acid groups (broad SMARTS) is 1. The maximum Gasteiger partial charge on any atom is 0.439 e. The SMILES string of the molecule is CN1C(=O)[N+](CCCC(=O)O)(SC(=O)c2ccccc2)C(=O)C1(C)C. The smallest absolute Gasteiger partial charge is 0.439 e. The second-order valence-electron chi connectivity index (χ2n) is 6.41. The van der Waals surface area contributed by atoms with Gasteiger partial charge in [-0.1, -0.05) is 30.3 Å². The molecule has 1 aliphatic rings. The summed E-state index contributed by atoms with van der Waals surface area (Å²) in [4.78, 5) is 50.6. The van der Waals surface area contributed by atoms with Gasteiger partial charge < -0.3 is 5.11 Å². The third-order valence-electron chi connectivity index (χ3n) is 4.40. The van der Waals surface area contributed by atoms with E-state index in [1.54, 1.807) is 44.2 Å². The highest BCUT2D eigenvalue weighted by Crippen LogP contribution is 2.41. The Morgan fingerprint density at radius 3 is 2.28 bits per heavy atom. The van der Waals surface area contributed by atoms with E-state index in [9.17, 15) is 19.2 Å². The van der Waals surface area contributed by atoms with Crippen molar-refractivity contribution < 1.29 is 28.2 Å².